The van der Waals surface area contributed by atoms with Crippen molar-refractivity contribution in [2.75, 3.05) is 0 Å². The van der Waals surface area contributed by atoms with Gasteiger partial charge in [-0.1, -0.05) is 48.5 Å². The fourth-order valence-corrected chi connectivity index (χ4v) is 2.50. The summed E-state index contributed by atoms with van der Waals surface area (Å²) in [6.45, 7) is 2.35. The van der Waals surface area contributed by atoms with Crippen molar-refractivity contribution < 1.29 is 9.84 Å². The Balaban J connectivity index is 1.89. The van der Waals surface area contributed by atoms with Gasteiger partial charge in [-0.05, 0) is 30.2 Å². The van der Waals surface area contributed by atoms with Gasteiger partial charge >= 0.3 is 0 Å². The maximum Gasteiger partial charge on any atom is 0.125 e. The van der Waals surface area contributed by atoms with Crippen molar-refractivity contribution in [1.29, 1.82) is 0 Å². The van der Waals surface area contributed by atoms with E-state index in [4.69, 9.17) is 4.74 Å². The molecule has 2 aromatic carbocycles. The van der Waals surface area contributed by atoms with E-state index in [1.807, 2.05) is 73.8 Å². The normalized spacial score (nSPS) is 10.5. The van der Waals surface area contributed by atoms with Gasteiger partial charge in [0.25, 0.3) is 0 Å². The fourth-order valence-electron chi connectivity index (χ4n) is 2.50. The lowest BCUT2D eigenvalue weighted by atomic mass is 10.0. The fraction of sp³-hybridized carbons (Fsp3) is 0.150. The summed E-state index contributed by atoms with van der Waals surface area (Å²) in [5.74, 6) is 0.703. The third kappa shape index (κ3) is 3.58. The topological polar surface area (TPSA) is 42.4 Å². The average molecular weight is 305 g/mol. The summed E-state index contributed by atoms with van der Waals surface area (Å²) >= 11 is 0. The molecule has 1 heterocycles. The van der Waals surface area contributed by atoms with Crippen LogP contribution in [0, 0.1) is 6.92 Å². The van der Waals surface area contributed by atoms with Gasteiger partial charge in [-0.3, -0.25) is 4.98 Å². The first-order chi connectivity index (χ1) is 11.3. The van der Waals surface area contributed by atoms with Crippen molar-refractivity contribution in [3.05, 3.63) is 83.7 Å². The van der Waals surface area contributed by atoms with Crippen LogP contribution in [0.25, 0.3) is 11.1 Å². The van der Waals surface area contributed by atoms with Crippen LogP contribution < -0.4 is 4.74 Å². The molecule has 0 radical (unpaired) electrons. The minimum atomic E-state index is -0.0752. The second-order valence-electron chi connectivity index (χ2n) is 5.40. The summed E-state index contributed by atoms with van der Waals surface area (Å²) in [5, 5.41) is 9.81. The monoisotopic (exact) mass is 305 g/mol. The lowest BCUT2D eigenvalue weighted by molar-refractivity contribution is 0.259. The molecule has 23 heavy (non-hydrogen) atoms. The zero-order valence-electron chi connectivity index (χ0n) is 13.1. The Kier molecular flexibility index (Phi) is 4.69. The van der Waals surface area contributed by atoms with Crippen LogP contribution in [0.15, 0.2) is 66.9 Å². The number of nitrogens with zero attached hydrogens (tertiary/aromatic N) is 1. The molecule has 0 saturated heterocycles. The van der Waals surface area contributed by atoms with E-state index in [1.165, 1.54) is 0 Å². The molecular formula is C20H19NO2. The number of hydrogen-bond donors (Lipinski definition) is 1. The molecule has 0 atom stereocenters. The Bertz CT molecular complexity index is 767. The number of benzene rings is 2. The largest absolute Gasteiger partial charge is 0.489 e. The van der Waals surface area contributed by atoms with Gasteiger partial charge in [0.1, 0.15) is 12.4 Å². The van der Waals surface area contributed by atoms with Gasteiger partial charge in [0.15, 0.2) is 0 Å². The average Bonchev–Trinajstić information content (AvgIpc) is 2.61. The highest BCUT2D eigenvalue weighted by Crippen LogP contribution is 2.31. The molecule has 0 fully saturated rings. The molecule has 0 aliphatic carbocycles. The van der Waals surface area contributed by atoms with Crippen LogP contribution in [-0.2, 0) is 13.2 Å². The van der Waals surface area contributed by atoms with Gasteiger partial charge in [0.2, 0.25) is 0 Å². The number of pyridine rings is 1. The molecule has 0 aliphatic heterocycles. The minimum absolute atomic E-state index is 0.0752. The highest BCUT2D eigenvalue weighted by atomic mass is 16.5. The first-order valence-electron chi connectivity index (χ1n) is 7.60. The molecule has 1 aromatic heterocycles. The first-order valence-corrected chi connectivity index (χ1v) is 7.60. The van der Waals surface area contributed by atoms with Crippen LogP contribution >= 0.6 is 0 Å². The van der Waals surface area contributed by atoms with Gasteiger partial charge in [0, 0.05) is 23.0 Å². The van der Waals surface area contributed by atoms with Crippen LogP contribution in [0.3, 0.4) is 0 Å². The third-order valence-electron chi connectivity index (χ3n) is 3.75. The second-order valence-corrected chi connectivity index (χ2v) is 5.40. The maximum absolute atomic E-state index is 9.81. The molecule has 3 heteroatoms. The van der Waals surface area contributed by atoms with Gasteiger partial charge < -0.3 is 9.84 Å². The number of aliphatic hydroxyl groups excluding tert-OH is 1. The van der Waals surface area contributed by atoms with Crippen molar-refractivity contribution in [1.82, 2.24) is 4.98 Å². The van der Waals surface area contributed by atoms with Gasteiger partial charge in [0.05, 0.1) is 6.61 Å². The number of aromatic nitrogens is 1. The molecule has 1 N–H and O–H groups in total. The summed E-state index contributed by atoms with van der Waals surface area (Å²) < 4.78 is 5.92. The Morgan fingerprint density at radius 2 is 1.78 bits per heavy atom. The van der Waals surface area contributed by atoms with E-state index in [-0.39, 0.29) is 6.61 Å². The number of rotatable bonds is 5. The van der Waals surface area contributed by atoms with E-state index >= 15 is 0 Å². The van der Waals surface area contributed by atoms with Crippen LogP contribution in [0.5, 0.6) is 5.75 Å². The Labute approximate surface area is 136 Å². The van der Waals surface area contributed by atoms with Crippen LogP contribution in [0.4, 0.5) is 0 Å². The van der Waals surface area contributed by atoms with Crippen LogP contribution in [0.2, 0.25) is 0 Å². The van der Waals surface area contributed by atoms with Crippen molar-refractivity contribution in [3.8, 4) is 16.9 Å². The summed E-state index contributed by atoms with van der Waals surface area (Å²) in [5.41, 5.74) is 4.78. The maximum atomic E-state index is 9.81. The van der Waals surface area contributed by atoms with E-state index in [1.54, 1.807) is 0 Å². The molecule has 3 nitrogen and oxygen atoms in total. The summed E-state index contributed by atoms with van der Waals surface area (Å²) in [6.07, 6.45) is 1.82. The minimum Gasteiger partial charge on any atom is -0.489 e. The summed E-state index contributed by atoms with van der Waals surface area (Å²) in [4.78, 5) is 4.33. The van der Waals surface area contributed by atoms with Gasteiger partial charge in [-0.25, -0.2) is 0 Å². The van der Waals surface area contributed by atoms with Gasteiger partial charge in [-0.2, -0.15) is 0 Å². The van der Waals surface area contributed by atoms with E-state index < -0.39 is 0 Å². The lowest BCUT2D eigenvalue weighted by Gasteiger charge is -2.14. The molecule has 0 spiro atoms. The zero-order valence-corrected chi connectivity index (χ0v) is 13.1. The van der Waals surface area contributed by atoms with Crippen molar-refractivity contribution in [3.63, 3.8) is 0 Å². The third-order valence-corrected chi connectivity index (χ3v) is 3.75. The standard InChI is InChI=1S/C20H19NO2/c1-15-10-11-17(12-21-15)18-8-5-9-20(19(18)13-22)23-14-16-6-3-2-4-7-16/h2-12,22H,13-14H2,1H3. The molecule has 0 aliphatic rings. The number of hydrogen-bond acceptors (Lipinski definition) is 3. The smallest absolute Gasteiger partial charge is 0.125 e. The highest BCUT2D eigenvalue weighted by molar-refractivity contribution is 5.69. The predicted octanol–water partition coefficient (Wildman–Crippen LogP) is 4.13. The number of ether oxygens (including phenoxy) is 1. The molecule has 3 rings (SSSR count). The molecule has 0 bridgehead atoms. The molecule has 0 amide bonds. The highest BCUT2D eigenvalue weighted by Gasteiger charge is 2.11. The Morgan fingerprint density at radius 1 is 0.957 bits per heavy atom. The second kappa shape index (κ2) is 7.07. The first kappa shape index (κ1) is 15.3. The Morgan fingerprint density at radius 3 is 2.48 bits per heavy atom. The zero-order chi connectivity index (χ0) is 16.1. The van der Waals surface area contributed by atoms with Crippen molar-refractivity contribution >= 4 is 0 Å². The van der Waals surface area contributed by atoms with Gasteiger partial charge in [-0.15, -0.1) is 0 Å². The Hall–Kier alpha value is -2.65. The van der Waals surface area contributed by atoms with E-state index in [9.17, 15) is 5.11 Å². The number of aliphatic hydroxyl groups is 1. The molecule has 0 saturated carbocycles. The lowest BCUT2D eigenvalue weighted by Crippen LogP contribution is -2.00. The number of aryl methyl sites for hydroxylation is 1. The van der Waals surface area contributed by atoms with E-state index in [2.05, 4.69) is 4.98 Å². The van der Waals surface area contributed by atoms with Crippen molar-refractivity contribution in [2.45, 2.75) is 20.1 Å². The molecule has 0 unspecified atom stereocenters. The summed E-state index contributed by atoms with van der Waals surface area (Å²) in [7, 11) is 0. The van der Waals surface area contributed by atoms with Crippen molar-refractivity contribution in [2.24, 2.45) is 0 Å². The van der Waals surface area contributed by atoms with E-state index in [0.717, 1.165) is 27.9 Å². The van der Waals surface area contributed by atoms with Crippen LogP contribution in [-0.4, -0.2) is 10.1 Å². The SMILES string of the molecule is Cc1ccc(-c2cccc(OCc3ccccc3)c2CO)cn1. The quantitative estimate of drug-likeness (QED) is 0.770. The molecular weight excluding hydrogens is 286 g/mol. The summed E-state index contributed by atoms with van der Waals surface area (Å²) in [6, 6.07) is 19.8. The predicted molar refractivity (Wildman–Crippen MR) is 91.1 cm³/mol. The van der Waals surface area contributed by atoms with Crippen LogP contribution in [0.1, 0.15) is 16.8 Å². The molecule has 116 valence electrons. The molecule has 3 aromatic rings. The van der Waals surface area contributed by atoms with E-state index in [0.29, 0.717) is 12.4 Å².